The number of halogens is 3. The van der Waals surface area contributed by atoms with Crippen LogP contribution in [-0.2, 0) is 6.42 Å². The van der Waals surface area contributed by atoms with Crippen LogP contribution in [-0.4, -0.2) is 46.3 Å². The van der Waals surface area contributed by atoms with E-state index in [1.54, 1.807) is 35.5 Å². The van der Waals surface area contributed by atoms with Gasteiger partial charge in [0.05, 0.1) is 23.8 Å². The van der Waals surface area contributed by atoms with E-state index in [0.29, 0.717) is 24.0 Å². The summed E-state index contributed by atoms with van der Waals surface area (Å²) in [6.07, 6.45) is -0.276. The third-order valence-corrected chi connectivity index (χ3v) is 5.38. The van der Waals surface area contributed by atoms with Gasteiger partial charge in [-0.05, 0) is 25.0 Å². The van der Waals surface area contributed by atoms with E-state index in [4.69, 9.17) is 0 Å². The van der Waals surface area contributed by atoms with Crippen LogP contribution in [0.4, 0.5) is 35.3 Å². The highest BCUT2D eigenvalue weighted by Gasteiger charge is 2.41. The first-order valence-electron chi connectivity index (χ1n) is 9.52. The summed E-state index contributed by atoms with van der Waals surface area (Å²) in [6.45, 7) is 2.60. The number of urea groups is 1. The van der Waals surface area contributed by atoms with Crippen molar-refractivity contribution >= 4 is 23.4 Å². The molecule has 0 radical (unpaired) electrons. The van der Waals surface area contributed by atoms with E-state index in [1.165, 1.54) is 0 Å². The molecule has 0 unspecified atom stereocenters. The summed E-state index contributed by atoms with van der Waals surface area (Å²) in [5.41, 5.74) is 0.725. The van der Waals surface area contributed by atoms with Gasteiger partial charge in [0.2, 0.25) is 0 Å². The predicted molar refractivity (Wildman–Crippen MR) is 102 cm³/mol. The number of aryl methyl sites for hydroxylation is 1. The first kappa shape index (κ1) is 19.4. The molecule has 2 aliphatic heterocycles. The Labute approximate surface area is 166 Å². The lowest BCUT2D eigenvalue weighted by Gasteiger charge is -2.35. The molecule has 29 heavy (non-hydrogen) atoms. The number of carbonyl (C=O) groups is 1. The van der Waals surface area contributed by atoms with Gasteiger partial charge in [-0.2, -0.15) is 13.2 Å². The molecule has 4 rings (SSSR count). The number of hydrogen-bond donors (Lipinski definition) is 1. The molecule has 2 aromatic heterocycles. The zero-order valence-electron chi connectivity index (χ0n) is 15.9. The summed E-state index contributed by atoms with van der Waals surface area (Å²) >= 11 is 0. The smallest absolute Gasteiger partial charge is 0.365 e. The lowest BCUT2D eigenvalue weighted by atomic mass is 10.1. The van der Waals surface area contributed by atoms with E-state index in [9.17, 15) is 18.0 Å². The fourth-order valence-electron chi connectivity index (χ4n) is 3.64. The second-order valence-electron chi connectivity index (χ2n) is 7.38. The van der Waals surface area contributed by atoms with E-state index >= 15 is 0 Å². The monoisotopic (exact) mass is 406 g/mol. The Kier molecular flexibility index (Phi) is 5.01. The molecule has 10 heteroatoms. The Morgan fingerprint density at radius 1 is 1.34 bits per heavy atom. The molecular weight excluding hydrogens is 385 g/mol. The van der Waals surface area contributed by atoms with Gasteiger partial charge in [0.15, 0.2) is 5.82 Å². The molecule has 1 saturated heterocycles. The normalized spacial score (nSPS) is 19.1. The van der Waals surface area contributed by atoms with Crippen LogP contribution in [0.25, 0.3) is 0 Å². The molecule has 2 atom stereocenters. The highest BCUT2D eigenvalue weighted by atomic mass is 19.4. The molecule has 2 bridgehead atoms. The topological polar surface area (TPSA) is 74.2 Å². The van der Waals surface area contributed by atoms with Crippen LogP contribution >= 0.6 is 0 Å². The van der Waals surface area contributed by atoms with Crippen molar-refractivity contribution in [1.29, 1.82) is 0 Å². The van der Waals surface area contributed by atoms with Crippen molar-refractivity contribution in [1.82, 2.24) is 15.0 Å². The number of carbonyl (C=O) groups excluding carboxylic acids is 1. The first-order chi connectivity index (χ1) is 13.8. The van der Waals surface area contributed by atoms with Crippen molar-refractivity contribution in [3.63, 3.8) is 0 Å². The largest absolute Gasteiger partial charge is 0.391 e. The molecule has 0 saturated carbocycles. The number of hydrogen-bond acceptors (Lipinski definition) is 5. The van der Waals surface area contributed by atoms with Gasteiger partial charge in [0.25, 0.3) is 0 Å². The van der Waals surface area contributed by atoms with Gasteiger partial charge in [-0.3, -0.25) is 10.2 Å². The summed E-state index contributed by atoms with van der Waals surface area (Å²) in [6, 6.07) is 4.80. The lowest BCUT2D eigenvalue weighted by Crippen LogP contribution is -2.48. The standard InChI is InChI=1S/C19H21F3N6O/c1-12(19(20,21)22)5-6-16-24-10-14-17(25-16)28(13-7-9-27(14)11-13)18(29)26-15-4-2-3-8-23-15/h2-4,8,10,12-13H,5-7,9,11H2,1H3,(H,23,26,29)/t12-,13-/m0/s1. The second kappa shape index (κ2) is 7.49. The minimum absolute atomic E-state index is 0.0527. The number of nitrogens with one attached hydrogen (secondary N) is 1. The summed E-state index contributed by atoms with van der Waals surface area (Å²) in [7, 11) is 0. The second-order valence-corrected chi connectivity index (χ2v) is 7.38. The number of alkyl halides is 3. The highest BCUT2D eigenvalue weighted by molar-refractivity contribution is 6.04. The van der Waals surface area contributed by atoms with Crippen molar-refractivity contribution in [2.45, 2.75) is 38.4 Å². The summed E-state index contributed by atoms with van der Waals surface area (Å²) in [5.74, 6) is -0.270. The number of rotatable bonds is 4. The highest BCUT2D eigenvalue weighted by Crippen LogP contribution is 2.38. The Bertz CT molecular complexity index is 891. The average Bonchev–Trinajstić information content (AvgIpc) is 3.10. The van der Waals surface area contributed by atoms with Crippen LogP contribution in [0.5, 0.6) is 0 Å². The summed E-state index contributed by atoms with van der Waals surface area (Å²) < 4.78 is 38.4. The molecule has 1 fully saturated rings. The van der Waals surface area contributed by atoms with Gasteiger partial charge in [-0.15, -0.1) is 0 Å². The van der Waals surface area contributed by atoms with Gasteiger partial charge in [0, 0.05) is 25.7 Å². The van der Waals surface area contributed by atoms with Crippen molar-refractivity contribution in [3.8, 4) is 0 Å². The number of pyridine rings is 1. The van der Waals surface area contributed by atoms with Crippen LogP contribution in [0.15, 0.2) is 30.6 Å². The van der Waals surface area contributed by atoms with Crippen molar-refractivity contribution < 1.29 is 18.0 Å². The third kappa shape index (κ3) is 3.96. The maximum atomic E-state index is 13.0. The van der Waals surface area contributed by atoms with E-state index in [1.807, 2.05) is 0 Å². The van der Waals surface area contributed by atoms with E-state index in [-0.39, 0.29) is 24.9 Å². The zero-order valence-corrected chi connectivity index (χ0v) is 15.9. The minimum Gasteiger partial charge on any atom is -0.365 e. The van der Waals surface area contributed by atoms with E-state index in [0.717, 1.165) is 25.6 Å². The maximum absolute atomic E-state index is 13.0. The minimum atomic E-state index is -4.24. The number of anilines is 3. The molecule has 2 aliphatic rings. The van der Waals surface area contributed by atoms with Crippen LogP contribution < -0.4 is 15.1 Å². The van der Waals surface area contributed by atoms with E-state index in [2.05, 4.69) is 25.2 Å². The summed E-state index contributed by atoms with van der Waals surface area (Å²) in [5, 5.41) is 2.77. The van der Waals surface area contributed by atoms with E-state index < -0.39 is 12.1 Å². The van der Waals surface area contributed by atoms with Crippen LogP contribution in [0.1, 0.15) is 25.6 Å². The molecule has 1 N–H and O–H groups in total. The Morgan fingerprint density at radius 3 is 2.90 bits per heavy atom. The fraction of sp³-hybridized carbons (Fsp3) is 0.474. The molecule has 0 aromatic carbocycles. The van der Waals surface area contributed by atoms with Gasteiger partial charge in [-0.25, -0.2) is 19.7 Å². The van der Waals surface area contributed by atoms with Crippen molar-refractivity contribution in [2.75, 3.05) is 28.2 Å². The molecule has 4 heterocycles. The zero-order chi connectivity index (χ0) is 20.6. The Balaban J connectivity index is 1.58. The summed E-state index contributed by atoms with van der Waals surface area (Å²) in [4.78, 5) is 29.5. The molecule has 154 valence electrons. The molecular formula is C19H21F3N6O. The average molecular weight is 406 g/mol. The Hall–Kier alpha value is -2.91. The number of nitrogens with zero attached hydrogens (tertiary/aromatic N) is 5. The number of fused-ring (bicyclic) bond motifs is 4. The Morgan fingerprint density at radius 2 is 2.17 bits per heavy atom. The first-order valence-corrected chi connectivity index (χ1v) is 9.52. The fourth-order valence-corrected chi connectivity index (χ4v) is 3.64. The molecule has 0 spiro atoms. The molecule has 2 aromatic rings. The van der Waals surface area contributed by atoms with Crippen molar-refractivity contribution in [3.05, 3.63) is 36.4 Å². The number of aromatic nitrogens is 3. The molecule has 0 aliphatic carbocycles. The quantitative estimate of drug-likeness (QED) is 0.839. The van der Waals surface area contributed by atoms with Crippen molar-refractivity contribution in [2.24, 2.45) is 5.92 Å². The number of amides is 2. The van der Waals surface area contributed by atoms with Gasteiger partial charge in [0.1, 0.15) is 11.6 Å². The van der Waals surface area contributed by atoms with Crippen LogP contribution in [0, 0.1) is 5.92 Å². The molecule has 7 nitrogen and oxygen atoms in total. The van der Waals surface area contributed by atoms with Crippen LogP contribution in [0.3, 0.4) is 0 Å². The van der Waals surface area contributed by atoms with Gasteiger partial charge >= 0.3 is 12.2 Å². The SMILES string of the molecule is C[C@@H](CCc1ncc2c(n1)N(C(=O)Nc1ccccn1)[C@H]1CCN2C1)C(F)(F)F. The van der Waals surface area contributed by atoms with Gasteiger partial charge in [-0.1, -0.05) is 13.0 Å². The van der Waals surface area contributed by atoms with Crippen LogP contribution in [0.2, 0.25) is 0 Å². The predicted octanol–water partition coefficient (Wildman–Crippen LogP) is 3.63. The maximum Gasteiger partial charge on any atom is 0.391 e. The van der Waals surface area contributed by atoms with Gasteiger partial charge < -0.3 is 4.90 Å². The molecule has 2 amide bonds. The lowest BCUT2D eigenvalue weighted by molar-refractivity contribution is -0.171. The third-order valence-electron chi connectivity index (χ3n) is 5.38.